The number of fused-ring (bicyclic) bond motifs is 5. The van der Waals surface area contributed by atoms with E-state index in [1.165, 1.54) is 36.8 Å². The Labute approximate surface area is 139 Å². The number of phenols is 1. The van der Waals surface area contributed by atoms with Crippen molar-refractivity contribution in [3.05, 3.63) is 29.3 Å². The van der Waals surface area contributed by atoms with Crippen molar-refractivity contribution in [2.45, 2.75) is 70.8 Å². The summed E-state index contributed by atoms with van der Waals surface area (Å²) in [6.07, 6.45) is 8.07. The number of rotatable bonds is 2. The lowest BCUT2D eigenvalue weighted by molar-refractivity contribution is -0.0394. The molecular formula is C21H30O2. The van der Waals surface area contributed by atoms with Crippen LogP contribution in [0.5, 0.6) is 5.75 Å². The molecule has 1 aromatic carbocycles. The van der Waals surface area contributed by atoms with Crippen LogP contribution in [-0.2, 0) is 6.42 Å². The molecule has 0 radical (unpaired) electrons. The number of aliphatic hydroxyl groups is 1. The molecule has 2 heteroatoms. The first kappa shape index (κ1) is 15.5. The van der Waals surface area contributed by atoms with Crippen molar-refractivity contribution in [2.75, 3.05) is 0 Å². The fourth-order valence-corrected chi connectivity index (χ4v) is 6.40. The first-order chi connectivity index (χ1) is 11.0. The highest BCUT2D eigenvalue weighted by atomic mass is 16.3. The highest BCUT2D eigenvalue weighted by Gasteiger charge is 2.56. The number of hydrogen-bond donors (Lipinski definition) is 2. The molecule has 1 aromatic rings. The lowest BCUT2D eigenvalue weighted by Crippen LogP contribution is -2.47. The summed E-state index contributed by atoms with van der Waals surface area (Å²) in [5, 5.41) is 20.5. The summed E-state index contributed by atoms with van der Waals surface area (Å²) in [6, 6.07) is 6.05. The summed E-state index contributed by atoms with van der Waals surface area (Å²) in [5.41, 5.74) is 3.01. The summed E-state index contributed by atoms with van der Waals surface area (Å²) < 4.78 is 0. The van der Waals surface area contributed by atoms with Gasteiger partial charge in [0.25, 0.3) is 0 Å². The van der Waals surface area contributed by atoms with E-state index in [9.17, 15) is 10.2 Å². The Bertz CT molecular complexity index is 596. The Morgan fingerprint density at radius 2 is 2.04 bits per heavy atom. The minimum absolute atomic E-state index is 0.100. The zero-order chi connectivity index (χ0) is 16.2. The Kier molecular flexibility index (Phi) is 3.72. The highest BCUT2D eigenvalue weighted by molar-refractivity contribution is 5.40. The third kappa shape index (κ3) is 2.25. The molecule has 0 heterocycles. The van der Waals surface area contributed by atoms with Crippen LogP contribution in [0.2, 0.25) is 0 Å². The van der Waals surface area contributed by atoms with Gasteiger partial charge in [0, 0.05) is 0 Å². The van der Waals surface area contributed by atoms with Crippen molar-refractivity contribution in [2.24, 2.45) is 23.2 Å². The van der Waals surface area contributed by atoms with Gasteiger partial charge in [0.05, 0.1) is 6.10 Å². The number of benzene rings is 1. The molecule has 0 saturated heterocycles. The molecule has 3 unspecified atom stereocenters. The molecule has 0 spiro atoms. The Morgan fingerprint density at radius 1 is 1.22 bits per heavy atom. The van der Waals surface area contributed by atoms with Crippen LogP contribution in [0.4, 0.5) is 0 Å². The van der Waals surface area contributed by atoms with Gasteiger partial charge in [-0.15, -0.1) is 0 Å². The SMILES string of the molecule is CCC[C@@H]1Cc2cc(O)ccc2C2CC[C@@]3(C)C(CC[C@@H]3O)C21. The van der Waals surface area contributed by atoms with Crippen LogP contribution in [0, 0.1) is 23.2 Å². The number of hydrogen-bond acceptors (Lipinski definition) is 2. The molecule has 0 amide bonds. The van der Waals surface area contributed by atoms with Gasteiger partial charge in [-0.05, 0) is 84.5 Å². The highest BCUT2D eigenvalue weighted by Crippen LogP contribution is 2.62. The third-order valence-electron chi connectivity index (χ3n) is 7.49. The molecule has 23 heavy (non-hydrogen) atoms. The van der Waals surface area contributed by atoms with Gasteiger partial charge in [-0.1, -0.05) is 32.8 Å². The van der Waals surface area contributed by atoms with E-state index in [0.717, 1.165) is 25.2 Å². The smallest absolute Gasteiger partial charge is 0.115 e. The maximum absolute atomic E-state index is 10.6. The summed E-state index contributed by atoms with van der Waals surface area (Å²) in [4.78, 5) is 0. The fourth-order valence-electron chi connectivity index (χ4n) is 6.40. The second-order valence-electron chi connectivity index (χ2n) is 8.56. The molecule has 3 aliphatic rings. The molecule has 6 atom stereocenters. The van der Waals surface area contributed by atoms with Crippen molar-refractivity contribution in [3.8, 4) is 5.75 Å². The normalized spacial score (nSPS) is 42.0. The predicted octanol–water partition coefficient (Wildman–Crippen LogP) is 4.64. The first-order valence-corrected chi connectivity index (χ1v) is 9.54. The molecule has 2 N–H and O–H groups in total. The first-order valence-electron chi connectivity index (χ1n) is 9.54. The monoisotopic (exact) mass is 314 g/mol. The molecule has 4 rings (SSSR count). The van der Waals surface area contributed by atoms with Crippen molar-refractivity contribution in [1.29, 1.82) is 0 Å². The van der Waals surface area contributed by atoms with Gasteiger partial charge in [0.2, 0.25) is 0 Å². The molecule has 0 bridgehead atoms. The fraction of sp³-hybridized carbons (Fsp3) is 0.714. The van der Waals surface area contributed by atoms with Gasteiger partial charge < -0.3 is 10.2 Å². The van der Waals surface area contributed by atoms with Crippen LogP contribution in [0.15, 0.2) is 18.2 Å². The molecular weight excluding hydrogens is 284 g/mol. The molecule has 2 nitrogen and oxygen atoms in total. The summed E-state index contributed by atoms with van der Waals surface area (Å²) in [6.45, 7) is 4.64. The minimum Gasteiger partial charge on any atom is -0.508 e. The van der Waals surface area contributed by atoms with Crippen LogP contribution >= 0.6 is 0 Å². The number of aliphatic hydroxyl groups excluding tert-OH is 1. The zero-order valence-electron chi connectivity index (χ0n) is 14.5. The van der Waals surface area contributed by atoms with E-state index in [0.29, 0.717) is 23.5 Å². The average Bonchev–Trinajstić information content (AvgIpc) is 2.83. The molecule has 2 fully saturated rings. The van der Waals surface area contributed by atoms with Crippen LogP contribution in [0.1, 0.15) is 69.4 Å². The van der Waals surface area contributed by atoms with Gasteiger partial charge in [0.1, 0.15) is 5.75 Å². The Morgan fingerprint density at radius 3 is 2.83 bits per heavy atom. The number of aromatic hydroxyl groups is 1. The largest absolute Gasteiger partial charge is 0.508 e. The summed E-state index contributed by atoms with van der Waals surface area (Å²) in [7, 11) is 0. The van der Waals surface area contributed by atoms with Crippen LogP contribution in [-0.4, -0.2) is 16.3 Å². The number of phenolic OH excluding ortho intramolecular Hbond substituents is 1. The molecule has 0 aliphatic heterocycles. The van der Waals surface area contributed by atoms with E-state index in [2.05, 4.69) is 19.9 Å². The standard InChI is InChI=1S/C21H30O2/c1-3-4-13-11-14-12-15(22)5-6-16(14)17-9-10-21(2)18(20(13)17)7-8-19(21)23/h5-6,12-13,17-20,22-23H,3-4,7-11H2,1-2H3/t13-,17?,18?,19+,20?,21+/m1/s1. The summed E-state index contributed by atoms with van der Waals surface area (Å²) >= 11 is 0. The average molecular weight is 314 g/mol. The quantitative estimate of drug-likeness (QED) is 0.835. The Hall–Kier alpha value is -1.02. The van der Waals surface area contributed by atoms with Crippen molar-refractivity contribution < 1.29 is 10.2 Å². The van der Waals surface area contributed by atoms with Crippen molar-refractivity contribution in [3.63, 3.8) is 0 Å². The van der Waals surface area contributed by atoms with E-state index in [4.69, 9.17) is 0 Å². The van der Waals surface area contributed by atoms with Gasteiger partial charge in [-0.2, -0.15) is 0 Å². The van der Waals surface area contributed by atoms with Gasteiger partial charge in [-0.25, -0.2) is 0 Å². The van der Waals surface area contributed by atoms with E-state index in [1.807, 2.05) is 12.1 Å². The summed E-state index contributed by atoms with van der Waals surface area (Å²) in [5.74, 6) is 3.17. The van der Waals surface area contributed by atoms with E-state index in [-0.39, 0.29) is 11.5 Å². The molecule has 3 aliphatic carbocycles. The topological polar surface area (TPSA) is 40.5 Å². The van der Waals surface area contributed by atoms with Gasteiger partial charge in [0.15, 0.2) is 0 Å². The van der Waals surface area contributed by atoms with Crippen LogP contribution in [0.3, 0.4) is 0 Å². The van der Waals surface area contributed by atoms with E-state index >= 15 is 0 Å². The minimum atomic E-state index is -0.100. The molecule has 2 saturated carbocycles. The predicted molar refractivity (Wildman–Crippen MR) is 92.5 cm³/mol. The van der Waals surface area contributed by atoms with Crippen molar-refractivity contribution in [1.82, 2.24) is 0 Å². The lowest BCUT2D eigenvalue weighted by atomic mass is 9.52. The molecule has 126 valence electrons. The Balaban J connectivity index is 1.76. The maximum Gasteiger partial charge on any atom is 0.115 e. The second kappa shape index (κ2) is 5.51. The van der Waals surface area contributed by atoms with Gasteiger partial charge >= 0.3 is 0 Å². The third-order valence-corrected chi connectivity index (χ3v) is 7.49. The van der Waals surface area contributed by atoms with Crippen molar-refractivity contribution >= 4 is 0 Å². The van der Waals surface area contributed by atoms with Crippen LogP contribution < -0.4 is 0 Å². The maximum atomic E-state index is 10.6. The van der Waals surface area contributed by atoms with E-state index < -0.39 is 0 Å². The van der Waals surface area contributed by atoms with Crippen LogP contribution in [0.25, 0.3) is 0 Å². The zero-order valence-corrected chi connectivity index (χ0v) is 14.5. The van der Waals surface area contributed by atoms with Gasteiger partial charge in [-0.3, -0.25) is 0 Å². The lowest BCUT2D eigenvalue weighted by Gasteiger charge is -2.53. The molecule has 0 aromatic heterocycles. The van der Waals surface area contributed by atoms with E-state index in [1.54, 1.807) is 0 Å². The second-order valence-corrected chi connectivity index (χ2v) is 8.56.